The van der Waals surface area contributed by atoms with E-state index in [1.165, 1.54) is 6.42 Å². The summed E-state index contributed by atoms with van der Waals surface area (Å²) in [4.78, 5) is 11.8. The van der Waals surface area contributed by atoms with E-state index in [-0.39, 0.29) is 12.0 Å². The van der Waals surface area contributed by atoms with E-state index in [0.717, 1.165) is 25.0 Å². The zero-order valence-electron chi connectivity index (χ0n) is 10.5. The fourth-order valence-corrected chi connectivity index (χ4v) is 2.13. The van der Waals surface area contributed by atoms with E-state index >= 15 is 0 Å². The Labute approximate surface area is 108 Å². The van der Waals surface area contributed by atoms with E-state index in [4.69, 9.17) is 10.5 Å². The van der Waals surface area contributed by atoms with Gasteiger partial charge >= 0.3 is 0 Å². The summed E-state index contributed by atoms with van der Waals surface area (Å²) in [5.74, 6) is 0.00192. The zero-order chi connectivity index (χ0) is 12.8. The number of anilines is 1. The highest BCUT2D eigenvalue weighted by Gasteiger charge is 2.14. The van der Waals surface area contributed by atoms with Crippen molar-refractivity contribution in [1.82, 2.24) is 5.32 Å². The Bertz CT molecular complexity index is 401. The first kappa shape index (κ1) is 12.9. The second-order valence-corrected chi connectivity index (χ2v) is 4.67. The van der Waals surface area contributed by atoms with Gasteiger partial charge in [0.15, 0.2) is 0 Å². The molecule has 0 spiro atoms. The number of nitrogens with one attached hydrogen (secondary N) is 1. The molecule has 0 saturated carbocycles. The molecule has 1 saturated heterocycles. The minimum atomic E-state index is 0.00192. The topological polar surface area (TPSA) is 64.4 Å². The molecule has 1 heterocycles. The third-order valence-electron chi connectivity index (χ3n) is 3.21. The molecule has 1 aromatic rings. The van der Waals surface area contributed by atoms with Crippen LogP contribution in [0.4, 0.5) is 5.69 Å². The van der Waals surface area contributed by atoms with E-state index < -0.39 is 0 Å². The summed E-state index contributed by atoms with van der Waals surface area (Å²) in [6.45, 7) is 1.41. The molecule has 1 aliphatic rings. The lowest BCUT2D eigenvalue weighted by Gasteiger charge is -2.22. The Morgan fingerprint density at radius 1 is 1.39 bits per heavy atom. The normalized spacial score (nSPS) is 19.4. The molecule has 98 valence electrons. The van der Waals surface area contributed by atoms with Gasteiger partial charge < -0.3 is 15.8 Å². The first-order chi connectivity index (χ1) is 8.75. The third-order valence-corrected chi connectivity index (χ3v) is 3.21. The van der Waals surface area contributed by atoms with Gasteiger partial charge in [0.05, 0.1) is 12.5 Å². The van der Waals surface area contributed by atoms with Crippen molar-refractivity contribution in [1.29, 1.82) is 0 Å². The van der Waals surface area contributed by atoms with E-state index in [0.29, 0.717) is 18.7 Å². The fourth-order valence-electron chi connectivity index (χ4n) is 2.13. The molecule has 0 aliphatic carbocycles. The number of carbonyl (C=O) groups excluding carboxylic acids is 1. The van der Waals surface area contributed by atoms with Crippen LogP contribution in [0.2, 0.25) is 0 Å². The van der Waals surface area contributed by atoms with Gasteiger partial charge in [-0.1, -0.05) is 18.2 Å². The summed E-state index contributed by atoms with van der Waals surface area (Å²) in [6.07, 6.45) is 3.86. The summed E-state index contributed by atoms with van der Waals surface area (Å²) >= 11 is 0. The molecule has 1 atom stereocenters. The minimum absolute atomic E-state index is 0.00192. The van der Waals surface area contributed by atoms with Gasteiger partial charge in [-0.25, -0.2) is 0 Å². The van der Waals surface area contributed by atoms with Crippen molar-refractivity contribution >= 4 is 11.6 Å². The lowest BCUT2D eigenvalue weighted by molar-refractivity contribution is -0.121. The SMILES string of the molecule is Nc1ccccc1CC(=O)NCC1CCCCO1. The van der Waals surface area contributed by atoms with Crippen LogP contribution in [0.5, 0.6) is 0 Å². The van der Waals surface area contributed by atoms with Crippen LogP contribution < -0.4 is 11.1 Å². The lowest BCUT2D eigenvalue weighted by atomic mass is 10.1. The van der Waals surface area contributed by atoms with Crippen LogP contribution in [0.15, 0.2) is 24.3 Å². The number of amides is 1. The van der Waals surface area contributed by atoms with Gasteiger partial charge in [-0.2, -0.15) is 0 Å². The molecule has 4 heteroatoms. The minimum Gasteiger partial charge on any atom is -0.398 e. The predicted octanol–water partition coefficient (Wildman–Crippen LogP) is 1.50. The van der Waals surface area contributed by atoms with Gasteiger partial charge in [-0.15, -0.1) is 0 Å². The van der Waals surface area contributed by atoms with Gasteiger partial charge in [0.1, 0.15) is 0 Å². The number of nitrogen functional groups attached to an aromatic ring is 1. The molecule has 1 unspecified atom stereocenters. The third kappa shape index (κ3) is 3.74. The van der Waals surface area contributed by atoms with E-state index in [1.807, 2.05) is 24.3 Å². The number of rotatable bonds is 4. The maximum absolute atomic E-state index is 11.8. The summed E-state index contributed by atoms with van der Waals surface area (Å²) in [5, 5.41) is 2.91. The van der Waals surface area contributed by atoms with Crippen LogP contribution in [-0.2, 0) is 16.0 Å². The van der Waals surface area contributed by atoms with Crippen LogP contribution in [-0.4, -0.2) is 25.2 Å². The fraction of sp³-hybridized carbons (Fsp3) is 0.500. The smallest absolute Gasteiger partial charge is 0.224 e. The Morgan fingerprint density at radius 2 is 2.22 bits per heavy atom. The molecule has 4 nitrogen and oxygen atoms in total. The van der Waals surface area contributed by atoms with Crippen molar-refractivity contribution in [3.05, 3.63) is 29.8 Å². The van der Waals surface area contributed by atoms with Crippen LogP contribution in [0.1, 0.15) is 24.8 Å². The van der Waals surface area contributed by atoms with Gasteiger partial charge in [-0.05, 0) is 30.9 Å². The molecule has 18 heavy (non-hydrogen) atoms. The van der Waals surface area contributed by atoms with E-state index in [1.54, 1.807) is 0 Å². The molecule has 2 rings (SSSR count). The second kappa shape index (κ2) is 6.40. The molecule has 1 aromatic carbocycles. The molecule has 3 N–H and O–H groups in total. The highest BCUT2D eigenvalue weighted by Crippen LogP contribution is 2.13. The van der Waals surface area contributed by atoms with Crippen LogP contribution in [0.25, 0.3) is 0 Å². The van der Waals surface area contributed by atoms with Crippen molar-refractivity contribution in [3.63, 3.8) is 0 Å². The van der Waals surface area contributed by atoms with Gasteiger partial charge in [-0.3, -0.25) is 4.79 Å². The molecule has 0 radical (unpaired) electrons. The van der Waals surface area contributed by atoms with Crippen molar-refractivity contribution in [3.8, 4) is 0 Å². The van der Waals surface area contributed by atoms with Crippen LogP contribution in [0.3, 0.4) is 0 Å². The summed E-state index contributed by atoms with van der Waals surface area (Å²) in [6, 6.07) is 7.45. The van der Waals surface area contributed by atoms with E-state index in [2.05, 4.69) is 5.32 Å². The monoisotopic (exact) mass is 248 g/mol. The standard InChI is InChI=1S/C14H20N2O2/c15-13-7-2-1-5-11(13)9-14(17)16-10-12-6-3-4-8-18-12/h1-2,5,7,12H,3-4,6,8-10,15H2,(H,16,17). The first-order valence-electron chi connectivity index (χ1n) is 6.47. The van der Waals surface area contributed by atoms with Crippen LogP contribution in [0, 0.1) is 0 Å². The Morgan fingerprint density at radius 3 is 2.94 bits per heavy atom. The number of carbonyl (C=O) groups is 1. The maximum Gasteiger partial charge on any atom is 0.224 e. The Hall–Kier alpha value is -1.55. The quantitative estimate of drug-likeness (QED) is 0.794. The average Bonchev–Trinajstić information content (AvgIpc) is 2.40. The number of ether oxygens (including phenoxy) is 1. The summed E-state index contributed by atoms with van der Waals surface area (Å²) in [5.41, 5.74) is 7.35. The maximum atomic E-state index is 11.8. The van der Waals surface area contributed by atoms with Gasteiger partial charge in [0.2, 0.25) is 5.91 Å². The van der Waals surface area contributed by atoms with Crippen LogP contribution >= 0.6 is 0 Å². The number of hydrogen-bond acceptors (Lipinski definition) is 3. The highest BCUT2D eigenvalue weighted by molar-refractivity contribution is 5.80. The lowest BCUT2D eigenvalue weighted by Crippen LogP contribution is -2.36. The van der Waals surface area contributed by atoms with Gasteiger partial charge in [0, 0.05) is 18.8 Å². The molecular formula is C14H20N2O2. The molecule has 0 bridgehead atoms. The highest BCUT2D eigenvalue weighted by atomic mass is 16.5. The van der Waals surface area contributed by atoms with Crippen molar-refractivity contribution in [2.24, 2.45) is 0 Å². The van der Waals surface area contributed by atoms with E-state index in [9.17, 15) is 4.79 Å². The molecule has 1 fully saturated rings. The summed E-state index contributed by atoms with van der Waals surface area (Å²) < 4.78 is 5.56. The predicted molar refractivity (Wildman–Crippen MR) is 71.2 cm³/mol. The Kier molecular flexibility index (Phi) is 4.59. The van der Waals surface area contributed by atoms with Crippen molar-refractivity contribution in [2.45, 2.75) is 31.8 Å². The number of para-hydroxylation sites is 1. The van der Waals surface area contributed by atoms with Gasteiger partial charge in [0.25, 0.3) is 0 Å². The second-order valence-electron chi connectivity index (χ2n) is 4.67. The molecule has 0 aromatic heterocycles. The average molecular weight is 248 g/mol. The zero-order valence-corrected chi connectivity index (χ0v) is 10.5. The number of hydrogen-bond donors (Lipinski definition) is 2. The number of nitrogens with two attached hydrogens (primary N) is 1. The van der Waals surface area contributed by atoms with Crippen molar-refractivity contribution in [2.75, 3.05) is 18.9 Å². The van der Waals surface area contributed by atoms with Crippen molar-refractivity contribution < 1.29 is 9.53 Å². The summed E-state index contributed by atoms with van der Waals surface area (Å²) in [7, 11) is 0. The molecule has 1 aliphatic heterocycles. The molecule has 1 amide bonds. The molecular weight excluding hydrogens is 228 g/mol. The number of benzene rings is 1. The Balaban J connectivity index is 1.76. The first-order valence-corrected chi connectivity index (χ1v) is 6.47. The largest absolute Gasteiger partial charge is 0.398 e.